The van der Waals surface area contributed by atoms with Gasteiger partial charge in [-0.2, -0.15) is 5.10 Å². The highest BCUT2D eigenvalue weighted by molar-refractivity contribution is 9.10. The summed E-state index contributed by atoms with van der Waals surface area (Å²) in [4.78, 5) is 25.8. The van der Waals surface area contributed by atoms with E-state index in [-0.39, 0.29) is 35.1 Å². The fraction of sp³-hybridized carbons (Fsp3) is 0.227. The molecule has 0 N–H and O–H groups in total. The number of nitrogens with zero attached hydrogens (tertiary/aromatic N) is 2. The Labute approximate surface area is 189 Å². The molecule has 1 heterocycles. The summed E-state index contributed by atoms with van der Waals surface area (Å²) in [5, 5.41) is 4.26. The molecule has 0 atom stereocenters. The predicted octanol–water partition coefficient (Wildman–Crippen LogP) is 3.53. The van der Waals surface area contributed by atoms with Crippen LogP contribution in [0.25, 0.3) is 0 Å². The molecule has 0 aliphatic rings. The first-order valence-corrected chi connectivity index (χ1v) is 12.2. The monoisotopic (exact) mass is 504 g/mol. The van der Waals surface area contributed by atoms with E-state index in [1.165, 1.54) is 4.68 Å². The molecule has 3 aromatic rings. The minimum absolute atomic E-state index is 0.153. The van der Waals surface area contributed by atoms with Crippen LogP contribution in [-0.4, -0.2) is 42.6 Å². The van der Waals surface area contributed by atoms with Crippen LogP contribution < -0.4 is 4.74 Å². The lowest BCUT2D eigenvalue weighted by atomic mass is 9.99. The molecule has 0 saturated carbocycles. The lowest BCUT2D eigenvalue weighted by Gasteiger charge is -2.11. The lowest BCUT2D eigenvalue weighted by molar-refractivity contribution is 0.0908. The average Bonchev–Trinajstić information content (AvgIpc) is 2.98. The largest absolute Gasteiger partial charge is 0.469 e. The Balaban J connectivity index is 1.95. The number of rotatable bonds is 8. The number of ether oxygens (including phenoxy) is 1. The van der Waals surface area contributed by atoms with Gasteiger partial charge in [-0.3, -0.25) is 9.59 Å². The summed E-state index contributed by atoms with van der Waals surface area (Å²) >= 11 is 3.32. The molecule has 1 aromatic heterocycles. The molecule has 2 aromatic carbocycles. The number of benzene rings is 2. The van der Waals surface area contributed by atoms with Gasteiger partial charge in [0.05, 0.1) is 11.4 Å². The highest BCUT2D eigenvalue weighted by Gasteiger charge is 2.26. The third kappa shape index (κ3) is 5.48. The van der Waals surface area contributed by atoms with Gasteiger partial charge in [0.1, 0.15) is 5.56 Å². The first-order chi connectivity index (χ1) is 14.6. The number of sulfone groups is 1. The van der Waals surface area contributed by atoms with E-state index in [4.69, 9.17) is 4.74 Å². The third-order valence-electron chi connectivity index (χ3n) is 4.56. The molecule has 9 heteroatoms. The van der Waals surface area contributed by atoms with Gasteiger partial charge in [-0.1, -0.05) is 46.3 Å². The maximum atomic E-state index is 13.4. The Hall–Kier alpha value is -2.78. The number of aromatic nitrogens is 2. The van der Waals surface area contributed by atoms with Crippen molar-refractivity contribution in [3.63, 3.8) is 0 Å². The van der Waals surface area contributed by atoms with Crippen molar-refractivity contribution >= 4 is 37.3 Å². The zero-order chi connectivity index (χ0) is 22.8. The number of carbonyl (C=O) groups excluding carboxylic acids is 2. The number of aryl methyl sites for hydroxylation is 2. The van der Waals surface area contributed by atoms with Gasteiger partial charge < -0.3 is 4.74 Å². The number of carbonyl (C=O) groups is 2. The van der Waals surface area contributed by atoms with E-state index in [1.807, 2.05) is 6.07 Å². The highest BCUT2D eigenvalue weighted by atomic mass is 79.9. The zero-order valence-electron chi connectivity index (χ0n) is 17.3. The number of hydrogen-bond donors (Lipinski definition) is 0. The number of Topliss-reactive ketones (excluding diaryl/α,β-unsaturated/α-hetero) is 1. The van der Waals surface area contributed by atoms with Gasteiger partial charge in [-0.25, -0.2) is 13.1 Å². The first kappa shape index (κ1) is 22.9. The lowest BCUT2D eigenvalue weighted by Crippen LogP contribution is -2.16. The van der Waals surface area contributed by atoms with E-state index < -0.39 is 15.6 Å². The normalized spacial score (nSPS) is 11.4. The maximum absolute atomic E-state index is 13.4. The Morgan fingerprint density at radius 3 is 2.45 bits per heavy atom. The molecule has 3 rings (SSSR count). The van der Waals surface area contributed by atoms with Gasteiger partial charge in [0.25, 0.3) is 0 Å². The fourth-order valence-electron chi connectivity index (χ4n) is 3.23. The molecule has 0 bridgehead atoms. The molecule has 7 nitrogen and oxygen atoms in total. The zero-order valence-corrected chi connectivity index (χ0v) is 19.7. The van der Waals surface area contributed by atoms with Crippen LogP contribution in [0.3, 0.4) is 0 Å². The summed E-state index contributed by atoms with van der Waals surface area (Å²) in [5.41, 5.74) is 1.72. The Kier molecular flexibility index (Phi) is 6.76. The van der Waals surface area contributed by atoms with E-state index in [9.17, 15) is 18.0 Å². The molecule has 0 spiro atoms. The molecule has 31 heavy (non-hydrogen) atoms. The maximum Gasteiger partial charge on any atom is 0.223 e. The topological polar surface area (TPSA) is 95.3 Å². The quantitative estimate of drug-likeness (QED) is 0.435. The van der Waals surface area contributed by atoms with Crippen LogP contribution in [-0.2, 0) is 22.6 Å². The van der Waals surface area contributed by atoms with Crippen LogP contribution >= 0.6 is 15.9 Å². The van der Waals surface area contributed by atoms with Crippen molar-refractivity contribution in [1.29, 1.82) is 0 Å². The number of hydrogen-bond acceptors (Lipinski definition) is 6. The summed E-state index contributed by atoms with van der Waals surface area (Å²) in [6.07, 6.45) is 1.11. The molecule has 0 fully saturated rings. The molecule has 0 aliphatic heterocycles. The predicted molar refractivity (Wildman–Crippen MR) is 120 cm³/mol. The van der Waals surface area contributed by atoms with E-state index in [2.05, 4.69) is 21.0 Å². The first-order valence-electron chi connectivity index (χ1n) is 9.32. The van der Waals surface area contributed by atoms with E-state index in [0.29, 0.717) is 21.3 Å². The molecule has 0 aliphatic carbocycles. The second kappa shape index (κ2) is 9.15. The highest BCUT2D eigenvalue weighted by Crippen LogP contribution is 2.28. The molecule has 0 radical (unpaired) electrons. The van der Waals surface area contributed by atoms with Gasteiger partial charge in [0.2, 0.25) is 11.7 Å². The Morgan fingerprint density at radius 1 is 1.13 bits per heavy atom. The Morgan fingerprint density at radius 2 is 1.81 bits per heavy atom. The standard InChI is InChI=1S/C22H21BrN2O5S/c1-14-20(21(27)18-10-9-17(23)11-16(18)13-31(3,28)29)22(25(2)24-14)30-12-19(26)15-7-5-4-6-8-15/h4-11H,12-13H2,1-3H3. The van der Waals surface area contributed by atoms with Gasteiger partial charge >= 0.3 is 0 Å². The summed E-state index contributed by atoms with van der Waals surface area (Å²) < 4.78 is 31.5. The van der Waals surface area contributed by atoms with Crippen molar-refractivity contribution in [1.82, 2.24) is 9.78 Å². The second-order valence-electron chi connectivity index (χ2n) is 7.17. The Bertz CT molecular complexity index is 1250. The molecule has 162 valence electrons. The minimum Gasteiger partial charge on any atom is -0.469 e. The smallest absolute Gasteiger partial charge is 0.223 e. The van der Waals surface area contributed by atoms with Crippen molar-refractivity contribution in [2.45, 2.75) is 12.7 Å². The fourth-order valence-corrected chi connectivity index (χ4v) is 4.44. The molecule has 0 unspecified atom stereocenters. The molecular formula is C22H21BrN2O5S. The average molecular weight is 505 g/mol. The van der Waals surface area contributed by atoms with Crippen LogP contribution in [0.2, 0.25) is 0 Å². The van der Waals surface area contributed by atoms with Gasteiger partial charge in [0.15, 0.2) is 22.2 Å². The summed E-state index contributed by atoms with van der Waals surface area (Å²) in [5.74, 6) is -0.784. The summed E-state index contributed by atoms with van der Waals surface area (Å²) in [6, 6.07) is 13.5. The van der Waals surface area contributed by atoms with Crippen molar-refractivity contribution in [3.05, 3.63) is 81.0 Å². The molecule has 0 saturated heterocycles. The van der Waals surface area contributed by atoms with Crippen molar-refractivity contribution < 1.29 is 22.7 Å². The second-order valence-corrected chi connectivity index (χ2v) is 10.2. The number of halogens is 1. The number of ketones is 2. The van der Waals surface area contributed by atoms with E-state index in [1.54, 1.807) is 56.4 Å². The molecule has 0 amide bonds. The van der Waals surface area contributed by atoms with E-state index >= 15 is 0 Å². The van der Waals surface area contributed by atoms with Crippen LogP contribution in [0.15, 0.2) is 53.0 Å². The SMILES string of the molecule is Cc1nn(C)c(OCC(=O)c2ccccc2)c1C(=O)c1ccc(Br)cc1CS(C)(=O)=O. The van der Waals surface area contributed by atoms with Crippen molar-refractivity contribution in [2.24, 2.45) is 7.05 Å². The van der Waals surface area contributed by atoms with Gasteiger partial charge in [-0.15, -0.1) is 0 Å². The molecular weight excluding hydrogens is 484 g/mol. The third-order valence-corrected chi connectivity index (χ3v) is 5.89. The van der Waals surface area contributed by atoms with E-state index in [0.717, 1.165) is 6.26 Å². The minimum atomic E-state index is -3.37. The van der Waals surface area contributed by atoms with Crippen LogP contribution in [0.4, 0.5) is 0 Å². The van der Waals surface area contributed by atoms with Crippen molar-refractivity contribution in [3.8, 4) is 5.88 Å². The van der Waals surface area contributed by atoms with Crippen LogP contribution in [0.1, 0.15) is 37.5 Å². The summed E-state index contributed by atoms with van der Waals surface area (Å²) in [6.45, 7) is 1.40. The van der Waals surface area contributed by atoms with Gasteiger partial charge in [0, 0.05) is 28.9 Å². The van der Waals surface area contributed by atoms with Crippen LogP contribution in [0.5, 0.6) is 5.88 Å². The van der Waals surface area contributed by atoms with Gasteiger partial charge in [-0.05, 0) is 30.7 Å². The van der Waals surface area contributed by atoms with Crippen molar-refractivity contribution in [2.75, 3.05) is 12.9 Å². The summed E-state index contributed by atoms with van der Waals surface area (Å²) in [7, 11) is -1.75. The van der Waals surface area contributed by atoms with Crippen LogP contribution in [0, 0.1) is 6.92 Å².